The Bertz CT molecular complexity index is 634. The van der Waals surface area contributed by atoms with Crippen molar-refractivity contribution in [2.45, 2.75) is 19.0 Å². The Morgan fingerprint density at radius 1 is 1.45 bits per heavy atom. The number of sulfone groups is 1. The molecule has 1 aliphatic rings. The second-order valence-corrected chi connectivity index (χ2v) is 8.09. The highest BCUT2D eigenvalue weighted by molar-refractivity contribution is 14.0. The van der Waals surface area contributed by atoms with Gasteiger partial charge in [0, 0.05) is 24.1 Å². The molecule has 0 radical (unpaired) electrons. The Balaban J connectivity index is 0.00000242. The van der Waals surface area contributed by atoms with Crippen molar-refractivity contribution in [2.75, 3.05) is 18.6 Å². The van der Waals surface area contributed by atoms with Crippen LogP contribution in [0.3, 0.4) is 0 Å². The van der Waals surface area contributed by atoms with Crippen molar-refractivity contribution in [1.29, 1.82) is 0 Å². The van der Waals surface area contributed by atoms with Gasteiger partial charge in [0.05, 0.1) is 11.5 Å². The third-order valence-corrected chi connectivity index (χ3v) is 5.40. The molecule has 0 saturated carbocycles. The summed E-state index contributed by atoms with van der Waals surface area (Å²) in [6.45, 7) is 0.398. The van der Waals surface area contributed by atoms with Gasteiger partial charge in [-0.05, 0) is 30.2 Å². The number of aliphatic imine (C=N–C) groups is 1. The van der Waals surface area contributed by atoms with Crippen molar-refractivity contribution >= 4 is 55.7 Å². The van der Waals surface area contributed by atoms with Crippen LogP contribution in [0.5, 0.6) is 0 Å². The highest BCUT2D eigenvalue weighted by Gasteiger charge is 2.28. The van der Waals surface area contributed by atoms with Crippen LogP contribution in [0.25, 0.3) is 0 Å². The minimum Gasteiger partial charge on any atom is -0.353 e. The number of nitrogens with one attached hydrogen (secondary N) is 2. The maximum Gasteiger partial charge on any atom is 0.191 e. The molecule has 0 amide bonds. The zero-order chi connectivity index (χ0) is 15.5. The average molecular weight is 506 g/mol. The molecule has 1 saturated heterocycles. The number of rotatable bonds is 3. The molecule has 1 atom stereocenters. The van der Waals surface area contributed by atoms with Gasteiger partial charge in [0.1, 0.15) is 5.82 Å². The van der Waals surface area contributed by atoms with E-state index in [1.165, 1.54) is 12.1 Å². The molecule has 0 aliphatic carbocycles. The summed E-state index contributed by atoms with van der Waals surface area (Å²) in [5.74, 6) is 0.529. The van der Waals surface area contributed by atoms with Crippen LogP contribution in [0.4, 0.5) is 4.39 Å². The first kappa shape index (κ1) is 19.6. The lowest BCUT2D eigenvalue weighted by Gasteiger charge is -2.16. The molecule has 0 spiro atoms. The predicted octanol–water partition coefficient (Wildman–Crippen LogP) is 2.06. The first-order chi connectivity index (χ1) is 9.88. The maximum atomic E-state index is 13.3. The Kier molecular flexibility index (Phi) is 7.53. The highest BCUT2D eigenvalue weighted by atomic mass is 127. The largest absolute Gasteiger partial charge is 0.353 e. The molecule has 124 valence electrons. The molecule has 1 heterocycles. The van der Waals surface area contributed by atoms with E-state index in [2.05, 4.69) is 31.6 Å². The highest BCUT2D eigenvalue weighted by Crippen LogP contribution is 2.15. The van der Waals surface area contributed by atoms with Gasteiger partial charge in [-0.2, -0.15) is 0 Å². The smallest absolute Gasteiger partial charge is 0.191 e. The standard InChI is InChI=1S/C13H17BrFN3O2S.HI/c1-16-13(18-12-2-3-21(19,20)8-12)17-7-9-4-10(14)6-11(15)5-9;/h4-6,12H,2-3,7-8H2,1H3,(H2,16,17,18);1H. The fraction of sp³-hybridized carbons (Fsp3) is 0.462. The average Bonchev–Trinajstić information content (AvgIpc) is 2.72. The number of hydrogen-bond acceptors (Lipinski definition) is 3. The quantitative estimate of drug-likeness (QED) is 0.375. The molecule has 1 unspecified atom stereocenters. The molecule has 1 aliphatic heterocycles. The molecule has 1 aromatic rings. The van der Waals surface area contributed by atoms with Crippen molar-refractivity contribution < 1.29 is 12.8 Å². The van der Waals surface area contributed by atoms with Crippen LogP contribution in [-0.4, -0.2) is 39.0 Å². The topological polar surface area (TPSA) is 70.6 Å². The normalized spacial score (nSPS) is 20.3. The van der Waals surface area contributed by atoms with E-state index in [1.54, 1.807) is 7.05 Å². The van der Waals surface area contributed by atoms with Gasteiger partial charge in [0.15, 0.2) is 15.8 Å². The number of nitrogens with zero attached hydrogens (tertiary/aromatic N) is 1. The molecular formula is C13H18BrFIN3O2S. The van der Waals surface area contributed by atoms with Gasteiger partial charge in [-0.15, -0.1) is 24.0 Å². The first-order valence-electron chi connectivity index (χ1n) is 6.50. The SMILES string of the molecule is CN=C(NCc1cc(F)cc(Br)c1)NC1CCS(=O)(=O)C1.I. The molecule has 22 heavy (non-hydrogen) atoms. The van der Waals surface area contributed by atoms with Crippen LogP contribution in [0.15, 0.2) is 27.7 Å². The molecular weight excluding hydrogens is 488 g/mol. The van der Waals surface area contributed by atoms with E-state index < -0.39 is 9.84 Å². The Morgan fingerprint density at radius 3 is 2.73 bits per heavy atom. The first-order valence-corrected chi connectivity index (χ1v) is 9.12. The van der Waals surface area contributed by atoms with E-state index in [0.717, 1.165) is 5.56 Å². The monoisotopic (exact) mass is 505 g/mol. The predicted molar refractivity (Wildman–Crippen MR) is 99.9 cm³/mol. The second-order valence-electron chi connectivity index (χ2n) is 4.95. The van der Waals surface area contributed by atoms with Crippen molar-refractivity contribution in [3.8, 4) is 0 Å². The van der Waals surface area contributed by atoms with Gasteiger partial charge < -0.3 is 10.6 Å². The summed E-state index contributed by atoms with van der Waals surface area (Å²) in [5, 5.41) is 6.13. The fourth-order valence-electron chi connectivity index (χ4n) is 2.20. The zero-order valence-electron chi connectivity index (χ0n) is 12.0. The summed E-state index contributed by atoms with van der Waals surface area (Å²) in [5.41, 5.74) is 0.767. The number of hydrogen-bond donors (Lipinski definition) is 2. The van der Waals surface area contributed by atoms with E-state index in [1.807, 2.05) is 6.07 Å². The molecule has 1 fully saturated rings. The molecule has 0 aromatic heterocycles. The van der Waals surface area contributed by atoms with Crippen molar-refractivity contribution in [3.63, 3.8) is 0 Å². The molecule has 5 nitrogen and oxygen atoms in total. The number of halogens is 3. The van der Waals surface area contributed by atoms with Gasteiger partial charge in [0.2, 0.25) is 0 Å². The molecule has 2 rings (SSSR count). The van der Waals surface area contributed by atoms with Gasteiger partial charge in [-0.3, -0.25) is 4.99 Å². The molecule has 2 N–H and O–H groups in total. The van der Waals surface area contributed by atoms with Gasteiger partial charge in [-0.25, -0.2) is 12.8 Å². The van der Waals surface area contributed by atoms with Gasteiger partial charge in [-0.1, -0.05) is 15.9 Å². The lowest BCUT2D eigenvalue weighted by atomic mass is 10.2. The Morgan fingerprint density at radius 2 is 2.18 bits per heavy atom. The van der Waals surface area contributed by atoms with Gasteiger partial charge >= 0.3 is 0 Å². The minimum atomic E-state index is -2.93. The summed E-state index contributed by atoms with van der Waals surface area (Å²) < 4.78 is 36.8. The molecule has 1 aromatic carbocycles. The summed E-state index contributed by atoms with van der Waals surface area (Å²) in [6, 6.07) is 4.51. The van der Waals surface area contributed by atoms with Crippen LogP contribution < -0.4 is 10.6 Å². The molecule has 0 bridgehead atoms. The molecule has 9 heteroatoms. The number of benzene rings is 1. The van der Waals surface area contributed by atoms with E-state index in [4.69, 9.17) is 0 Å². The summed E-state index contributed by atoms with van der Waals surface area (Å²) in [4.78, 5) is 4.05. The van der Waals surface area contributed by atoms with Crippen LogP contribution in [-0.2, 0) is 16.4 Å². The summed E-state index contributed by atoms with van der Waals surface area (Å²) in [7, 11) is -1.32. The lowest BCUT2D eigenvalue weighted by molar-refractivity contribution is 0.599. The minimum absolute atomic E-state index is 0. The van der Waals surface area contributed by atoms with Crippen molar-refractivity contribution in [3.05, 3.63) is 34.1 Å². The summed E-state index contributed by atoms with van der Waals surface area (Å²) >= 11 is 3.24. The number of guanidine groups is 1. The van der Waals surface area contributed by atoms with E-state index in [9.17, 15) is 12.8 Å². The van der Waals surface area contributed by atoms with Crippen LogP contribution in [0, 0.1) is 5.82 Å². The van der Waals surface area contributed by atoms with Crippen molar-refractivity contribution in [2.24, 2.45) is 4.99 Å². The fourth-order valence-corrected chi connectivity index (χ4v) is 4.38. The van der Waals surface area contributed by atoms with Crippen molar-refractivity contribution in [1.82, 2.24) is 10.6 Å². The van der Waals surface area contributed by atoms with Crippen LogP contribution in [0.1, 0.15) is 12.0 Å². The zero-order valence-corrected chi connectivity index (χ0v) is 16.7. The second kappa shape index (κ2) is 8.44. The summed E-state index contributed by atoms with van der Waals surface area (Å²) in [6.07, 6.45) is 0.578. The maximum absolute atomic E-state index is 13.3. The van der Waals surface area contributed by atoms with E-state index in [0.29, 0.717) is 23.4 Å². The Hall–Kier alpha value is -0.420. The van der Waals surface area contributed by atoms with E-state index in [-0.39, 0.29) is 47.3 Å². The third-order valence-electron chi connectivity index (χ3n) is 3.18. The van der Waals surface area contributed by atoms with Crippen LogP contribution >= 0.6 is 39.9 Å². The lowest BCUT2D eigenvalue weighted by Crippen LogP contribution is -2.43. The van der Waals surface area contributed by atoms with Gasteiger partial charge in [0.25, 0.3) is 0 Å². The Labute approximate surface area is 155 Å². The third kappa shape index (κ3) is 5.99. The van der Waals surface area contributed by atoms with E-state index >= 15 is 0 Å². The van der Waals surface area contributed by atoms with Crippen LogP contribution in [0.2, 0.25) is 0 Å².